The van der Waals surface area contributed by atoms with Gasteiger partial charge in [0.25, 0.3) is 0 Å². The summed E-state index contributed by atoms with van der Waals surface area (Å²) in [6, 6.07) is 12.7. The minimum absolute atomic E-state index is 0.382. The highest BCUT2D eigenvalue weighted by molar-refractivity contribution is 6.31. The Hall–Kier alpha value is -2.53. The normalized spacial score (nSPS) is 11.0. The van der Waals surface area contributed by atoms with Crippen LogP contribution in [0, 0.1) is 12.3 Å². The van der Waals surface area contributed by atoms with Gasteiger partial charge in [-0.05, 0) is 62.7 Å². The van der Waals surface area contributed by atoms with E-state index in [1.165, 1.54) is 0 Å². The van der Waals surface area contributed by atoms with Crippen LogP contribution in [0.5, 0.6) is 0 Å². The van der Waals surface area contributed by atoms with Gasteiger partial charge < -0.3 is 15.5 Å². The van der Waals surface area contributed by atoms with Crippen LogP contribution in [0.4, 0.5) is 17.1 Å². The molecule has 2 aromatic carbocycles. The van der Waals surface area contributed by atoms with E-state index in [1.54, 1.807) is 32.0 Å². The molecule has 0 unspecified atom stereocenters. The number of benzene rings is 2. The molecule has 0 fully saturated rings. The molecule has 0 aliphatic carbocycles. The molecule has 0 aromatic heterocycles. The van der Waals surface area contributed by atoms with E-state index in [-0.39, 0.29) is 5.91 Å². The van der Waals surface area contributed by atoms with Gasteiger partial charge in [-0.2, -0.15) is 0 Å². The third-order valence-electron chi connectivity index (χ3n) is 4.29. The van der Waals surface area contributed by atoms with Crippen molar-refractivity contribution < 1.29 is 9.59 Å². The number of amides is 2. The van der Waals surface area contributed by atoms with Crippen molar-refractivity contribution in [2.24, 2.45) is 5.41 Å². The van der Waals surface area contributed by atoms with Gasteiger partial charge >= 0.3 is 0 Å². The van der Waals surface area contributed by atoms with Gasteiger partial charge in [-0.15, -0.1) is 0 Å². The fourth-order valence-corrected chi connectivity index (χ4v) is 2.43. The maximum absolute atomic E-state index is 12.7. The Morgan fingerprint density at radius 1 is 0.962 bits per heavy atom. The zero-order chi connectivity index (χ0) is 19.5. The molecular formula is C20H24ClN3O2. The lowest BCUT2D eigenvalue weighted by Gasteiger charge is -2.23. The van der Waals surface area contributed by atoms with Crippen LogP contribution in [0.3, 0.4) is 0 Å². The highest BCUT2D eigenvalue weighted by atomic mass is 35.5. The maximum Gasteiger partial charge on any atom is 0.239 e. The second-order valence-electron chi connectivity index (χ2n) is 6.89. The number of hydrogen-bond acceptors (Lipinski definition) is 3. The number of nitrogens with zero attached hydrogens (tertiary/aromatic N) is 1. The third-order valence-corrected chi connectivity index (χ3v) is 4.70. The van der Waals surface area contributed by atoms with E-state index in [0.29, 0.717) is 16.4 Å². The fraction of sp³-hybridized carbons (Fsp3) is 0.300. The summed E-state index contributed by atoms with van der Waals surface area (Å²) in [5, 5.41) is 6.15. The number of anilines is 3. The molecule has 26 heavy (non-hydrogen) atoms. The van der Waals surface area contributed by atoms with Crippen LogP contribution < -0.4 is 15.5 Å². The van der Waals surface area contributed by atoms with Crippen LogP contribution in [-0.2, 0) is 9.59 Å². The Bertz CT molecular complexity index is 814. The standard InChI is InChI=1S/C20H24ClN3O2/c1-13-16(21)7-6-8-17(13)23-19(26)20(2,3)18(25)22-14-9-11-15(12-10-14)24(4)5/h6-12H,1-5H3,(H,22,25)(H,23,26). The lowest BCUT2D eigenvalue weighted by Crippen LogP contribution is -2.41. The summed E-state index contributed by atoms with van der Waals surface area (Å²) < 4.78 is 0. The first-order valence-corrected chi connectivity index (χ1v) is 8.66. The molecule has 138 valence electrons. The molecule has 0 bridgehead atoms. The number of carbonyl (C=O) groups excluding carboxylic acids is 2. The van der Waals surface area contributed by atoms with E-state index < -0.39 is 11.3 Å². The van der Waals surface area contributed by atoms with Crippen molar-refractivity contribution in [3.8, 4) is 0 Å². The van der Waals surface area contributed by atoms with Crippen LogP contribution in [0.2, 0.25) is 5.02 Å². The molecule has 0 radical (unpaired) electrons. The maximum atomic E-state index is 12.7. The number of carbonyl (C=O) groups is 2. The number of nitrogens with one attached hydrogen (secondary N) is 2. The minimum Gasteiger partial charge on any atom is -0.378 e. The van der Waals surface area contributed by atoms with Gasteiger partial charge in [0, 0.05) is 36.2 Å². The second-order valence-corrected chi connectivity index (χ2v) is 7.29. The van der Waals surface area contributed by atoms with Gasteiger partial charge in [-0.3, -0.25) is 9.59 Å². The van der Waals surface area contributed by atoms with Crippen LogP contribution in [0.1, 0.15) is 19.4 Å². The monoisotopic (exact) mass is 373 g/mol. The van der Waals surface area contributed by atoms with Crippen molar-refractivity contribution in [2.45, 2.75) is 20.8 Å². The van der Waals surface area contributed by atoms with Crippen molar-refractivity contribution >= 4 is 40.5 Å². The molecule has 2 N–H and O–H groups in total. The number of rotatable bonds is 5. The van der Waals surface area contributed by atoms with E-state index in [4.69, 9.17) is 11.6 Å². The highest BCUT2D eigenvalue weighted by Gasteiger charge is 2.36. The Balaban J connectivity index is 2.10. The Kier molecular flexibility index (Phi) is 5.93. The summed E-state index contributed by atoms with van der Waals surface area (Å²) in [6.07, 6.45) is 0. The zero-order valence-electron chi connectivity index (χ0n) is 15.7. The van der Waals surface area contributed by atoms with Gasteiger partial charge in [-0.1, -0.05) is 17.7 Å². The topological polar surface area (TPSA) is 61.4 Å². The van der Waals surface area contributed by atoms with Crippen LogP contribution in [-0.4, -0.2) is 25.9 Å². The van der Waals surface area contributed by atoms with Gasteiger partial charge in [0.1, 0.15) is 5.41 Å². The molecule has 2 rings (SSSR count). The predicted octanol–water partition coefficient (Wildman–Crippen LogP) is 4.32. The van der Waals surface area contributed by atoms with E-state index in [1.807, 2.05) is 50.2 Å². The summed E-state index contributed by atoms with van der Waals surface area (Å²) in [4.78, 5) is 27.2. The van der Waals surface area contributed by atoms with E-state index in [0.717, 1.165) is 11.3 Å². The number of halogens is 1. The lowest BCUT2D eigenvalue weighted by molar-refractivity contribution is -0.135. The molecular weight excluding hydrogens is 350 g/mol. The van der Waals surface area contributed by atoms with Gasteiger partial charge in [-0.25, -0.2) is 0 Å². The average Bonchev–Trinajstić information content (AvgIpc) is 2.59. The SMILES string of the molecule is Cc1c(Cl)cccc1NC(=O)C(C)(C)C(=O)Nc1ccc(N(C)C)cc1. The third kappa shape index (κ3) is 4.35. The molecule has 2 amide bonds. The lowest BCUT2D eigenvalue weighted by atomic mass is 9.90. The summed E-state index contributed by atoms with van der Waals surface area (Å²) in [7, 11) is 3.89. The van der Waals surface area contributed by atoms with E-state index in [9.17, 15) is 9.59 Å². The van der Waals surface area contributed by atoms with Crippen molar-refractivity contribution in [2.75, 3.05) is 29.6 Å². The predicted molar refractivity (Wildman–Crippen MR) is 108 cm³/mol. The molecule has 5 nitrogen and oxygen atoms in total. The van der Waals surface area contributed by atoms with Crippen molar-refractivity contribution in [3.05, 3.63) is 53.1 Å². The Labute approximate surface area is 159 Å². The zero-order valence-corrected chi connectivity index (χ0v) is 16.4. The first-order chi connectivity index (χ1) is 12.1. The Morgan fingerprint density at radius 3 is 2.12 bits per heavy atom. The number of hydrogen-bond donors (Lipinski definition) is 2. The fourth-order valence-electron chi connectivity index (χ4n) is 2.25. The molecule has 0 saturated heterocycles. The first-order valence-electron chi connectivity index (χ1n) is 8.28. The molecule has 0 saturated carbocycles. The van der Waals surface area contributed by atoms with Crippen molar-refractivity contribution in [1.82, 2.24) is 0 Å². The quantitative estimate of drug-likeness (QED) is 0.767. The van der Waals surface area contributed by atoms with Crippen LogP contribution in [0.15, 0.2) is 42.5 Å². The first kappa shape index (κ1) is 19.8. The summed E-state index contributed by atoms with van der Waals surface area (Å²) >= 11 is 6.08. The summed E-state index contributed by atoms with van der Waals surface area (Å²) in [6.45, 7) is 4.99. The molecule has 0 aliphatic rings. The molecule has 0 atom stereocenters. The highest BCUT2D eigenvalue weighted by Crippen LogP contribution is 2.26. The van der Waals surface area contributed by atoms with Gasteiger partial charge in [0.2, 0.25) is 11.8 Å². The van der Waals surface area contributed by atoms with E-state index >= 15 is 0 Å². The largest absolute Gasteiger partial charge is 0.378 e. The van der Waals surface area contributed by atoms with E-state index in [2.05, 4.69) is 10.6 Å². The second kappa shape index (κ2) is 7.79. The molecule has 0 spiro atoms. The molecule has 2 aromatic rings. The molecule has 0 aliphatic heterocycles. The molecule has 0 heterocycles. The smallest absolute Gasteiger partial charge is 0.239 e. The minimum atomic E-state index is -1.25. The van der Waals surface area contributed by atoms with Crippen molar-refractivity contribution in [1.29, 1.82) is 0 Å². The van der Waals surface area contributed by atoms with Gasteiger partial charge in [0.05, 0.1) is 0 Å². The van der Waals surface area contributed by atoms with Crippen LogP contribution in [0.25, 0.3) is 0 Å². The van der Waals surface area contributed by atoms with Gasteiger partial charge in [0.15, 0.2) is 0 Å². The summed E-state index contributed by atoms with van der Waals surface area (Å²) in [5.74, 6) is -0.780. The average molecular weight is 374 g/mol. The Morgan fingerprint density at radius 2 is 1.54 bits per heavy atom. The van der Waals surface area contributed by atoms with Crippen molar-refractivity contribution in [3.63, 3.8) is 0 Å². The van der Waals surface area contributed by atoms with Crippen LogP contribution >= 0.6 is 11.6 Å². The summed E-state index contributed by atoms with van der Waals surface area (Å²) in [5.41, 5.74) is 1.77. The molecule has 6 heteroatoms.